The molecule has 1 rings (SSSR count). The van der Waals surface area contributed by atoms with Gasteiger partial charge in [-0.25, -0.2) is 4.79 Å². The maximum Gasteiger partial charge on any atom is 0.337 e. The van der Waals surface area contributed by atoms with E-state index in [0.717, 1.165) is 0 Å². The molecule has 3 N–H and O–H groups in total. The molecule has 0 bridgehead atoms. The smallest absolute Gasteiger partial charge is 0.337 e. The average molecular weight is 612 g/mol. The number of carboxylic acid groups (broad SMARTS) is 1. The Morgan fingerprint density at radius 3 is 2.15 bits per heavy atom. The monoisotopic (exact) mass is 612 g/mol. The highest BCUT2D eigenvalue weighted by Gasteiger charge is 2.27. The van der Waals surface area contributed by atoms with E-state index in [1.54, 1.807) is 45.2 Å². The van der Waals surface area contributed by atoms with Crippen molar-refractivity contribution in [3.8, 4) is 6.07 Å². The van der Waals surface area contributed by atoms with Gasteiger partial charge in [0.15, 0.2) is 0 Å². The second-order valence-corrected chi connectivity index (χ2v) is 6.70. The van der Waals surface area contributed by atoms with Crippen molar-refractivity contribution in [3.63, 3.8) is 0 Å². The zero-order valence-electron chi connectivity index (χ0n) is 9.71. The number of carbonyl (C=O) groups excluding carboxylic acids is 1. The molecule has 0 atom stereocenters. The molecule has 6 nitrogen and oxygen atoms in total. The van der Waals surface area contributed by atoms with Crippen molar-refractivity contribution in [1.82, 2.24) is 5.32 Å². The van der Waals surface area contributed by atoms with E-state index in [0.29, 0.717) is 7.14 Å². The third-order valence-electron chi connectivity index (χ3n) is 2.27. The molecule has 20 heavy (non-hydrogen) atoms. The number of carbonyl (C=O) groups is 2. The molecule has 0 aliphatic rings. The van der Waals surface area contributed by atoms with Gasteiger partial charge >= 0.3 is 5.97 Å². The quantitative estimate of drug-likeness (QED) is 0.450. The Balaban J connectivity index is 3.60. The molecule has 1 amide bonds. The van der Waals surface area contributed by atoms with Crippen molar-refractivity contribution in [2.24, 2.45) is 0 Å². The van der Waals surface area contributed by atoms with Crippen molar-refractivity contribution in [3.05, 3.63) is 27.4 Å². The van der Waals surface area contributed by atoms with Gasteiger partial charge in [-0.05, 0) is 67.8 Å². The predicted octanol–water partition coefficient (Wildman–Crippen LogP) is 1.79. The summed E-state index contributed by atoms with van der Waals surface area (Å²) in [5.41, 5.74) is 0.254. The largest absolute Gasteiger partial charge is 0.478 e. The standard InChI is InChI=1S/C11H7I3N2O4/c12-7-4(3-15)8(13)6(11(19)20)9(14)5(7)10(18)16-1-2-17/h17H,1-2H2,(H,16,18)(H,19,20). The number of carboxylic acids is 1. The summed E-state index contributed by atoms with van der Waals surface area (Å²) in [6, 6.07) is 1.93. The third-order valence-corrected chi connectivity index (χ3v) is 5.50. The molecule has 0 saturated heterocycles. The first-order valence-corrected chi connectivity index (χ1v) is 8.33. The van der Waals surface area contributed by atoms with E-state index in [2.05, 4.69) is 5.32 Å². The Morgan fingerprint density at radius 1 is 1.15 bits per heavy atom. The first kappa shape index (κ1) is 17.9. The van der Waals surface area contributed by atoms with Crippen molar-refractivity contribution in [2.45, 2.75) is 0 Å². The lowest BCUT2D eigenvalue weighted by molar-refractivity contribution is 0.0694. The topological polar surface area (TPSA) is 110 Å². The minimum absolute atomic E-state index is 0.0568. The average Bonchev–Trinajstić information content (AvgIpc) is 2.36. The zero-order chi connectivity index (χ0) is 15.4. The van der Waals surface area contributed by atoms with Crippen LogP contribution in [-0.2, 0) is 0 Å². The molecular weight excluding hydrogens is 605 g/mol. The fraction of sp³-hybridized carbons (Fsp3) is 0.182. The fourth-order valence-corrected chi connectivity index (χ4v) is 5.77. The van der Waals surface area contributed by atoms with Gasteiger partial charge in [0, 0.05) is 17.3 Å². The Bertz CT molecular complexity index is 625. The van der Waals surface area contributed by atoms with Crippen LogP contribution in [0.5, 0.6) is 0 Å². The summed E-state index contributed by atoms with van der Waals surface area (Å²) in [6.45, 7) is -0.165. The molecule has 0 saturated carbocycles. The number of benzene rings is 1. The second kappa shape index (κ2) is 7.71. The molecule has 0 fully saturated rings. The van der Waals surface area contributed by atoms with Gasteiger partial charge in [-0.3, -0.25) is 4.79 Å². The lowest BCUT2D eigenvalue weighted by Gasteiger charge is -2.14. The van der Waals surface area contributed by atoms with E-state index in [1.165, 1.54) is 0 Å². The minimum Gasteiger partial charge on any atom is -0.478 e. The lowest BCUT2D eigenvalue weighted by Crippen LogP contribution is -2.29. The molecule has 0 radical (unpaired) electrons. The molecule has 0 heterocycles. The van der Waals surface area contributed by atoms with Gasteiger partial charge in [0.1, 0.15) is 6.07 Å². The van der Waals surface area contributed by atoms with Gasteiger partial charge in [0.25, 0.3) is 5.91 Å². The molecule has 0 aliphatic carbocycles. The summed E-state index contributed by atoms with van der Waals surface area (Å²) in [6.07, 6.45) is 0. The van der Waals surface area contributed by atoms with Gasteiger partial charge in [-0.1, -0.05) is 0 Å². The lowest BCUT2D eigenvalue weighted by atomic mass is 10.1. The van der Waals surface area contributed by atoms with Crippen molar-refractivity contribution < 1.29 is 19.8 Å². The Hall–Kier alpha value is -0.200. The van der Waals surface area contributed by atoms with E-state index in [9.17, 15) is 14.7 Å². The summed E-state index contributed by atoms with van der Waals surface area (Å²) in [5, 5.41) is 29.6. The first-order chi connectivity index (χ1) is 9.36. The van der Waals surface area contributed by atoms with Crippen LogP contribution in [0.1, 0.15) is 26.3 Å². The summed E-state index contributed by atoms with van der Waals surface area (Å²) in [5.74, 6) is -1.70. The highest BCUT2D eigenvalue weighted by molar-refractivity contribution is 14.1. The van der Waals surface area contributed by atoms with E-state index >= 15 is 0 Å². The molecule has 9 heteroatoms. The summed E-state index contributed by atoms with van der Waals surface area (Å²) >= 11 is 5.43. The number of hydrogen-bond acceptors (Lipinski definition) is 4. The van der Waals surface area contributed by atoms with Crippen LogP contribution in [0.15, 0.2) is 0 Å². The molecule has 0 unspecified atom stereocenters. The van der Waals surface area contributed by atoms with Crippen LogP contribution < -0.4 is 5.32 Å². The minimum atomic E-state index is -1.19. The maximum atomic E-state index is 12.1. The summed E-state index contributed by atoms with van der Waals surface area (Å²) in [4.78, 5) is 23.4. The van der Waals surface area contributed by atoms with Crippen LogP contribution in [0.2, 0.25) is 0 Å². The molecule has 1 aromatic rings. The number of nitrogens with zero attached hydrogens (tertiary/aromatic N) is 1. The number of aromatic carboxylic acids is 1. The van der Waals surface area contributed by atoms with Gasteiger partial charge in [-0.2, -0.15) is 5.26 Å². The number of nitrogens with one attached hydrogen (secondary N) is 1. The van der Waals surface area contributed by atoms with Crippen LogP contribution >= 0.6 is 67.8 Å². The number of amides is 1. The number of hydrogen-bond donors (Lipinski definition) is 3. The maximum absolute atomic E-state index is 12.1. The van der Waals surface area contributed by atoms with Gasteiger partial charge in [0.2, 0.25) is 0 Å². The molecule has 106 valence electrons. The highest BCUT2D eigenvalue weighted by Crippen LogP contribution is 2.31. The number of rotatable bonds is 4. The van der Waals surface area contributed by atoms with E-state index in [-0.39, 0.29) is 33.4 Å². The van der Waals surface area contributed by atoms with Crippen LogP contribution in [0.25, 0.3) is 0 Å². The van der Waals surface area contributed by atoms with Gasteiger partial charge in [-0.15, -0.1) is 0 Å². The Morgan fingerprint density at radius 2 is 1.70 bits per heavy atom. The van der Waals surface area contributed by atoms with Crippen molar-refractivity contribution in [1.29, 1.82) is 5.26 Å². The molecule has 0 aromatic heterocycles. The van der Waals surface area contributed by atoms with Crippen LogP contribution in [0.3, 0.4) is 0 Å². The van der Waals surface area contributed by atoms with Crippen LogP contribution in [0, 0.1) is 22.0 Å². The Kier molecular flexibility index (Phi) is 6.88. The number of aliphatic hydroxyl groups is 1. The van der Waals surface area contributed by atoms with Gasteiger partial charge in [0.05, 0.1) is 23.3 Å². The molecule has 0 spiro atoms. The van der Waals surface area contributed by atoms with E-state index < -0.39 is 11.9 Å². The van der Waals surface area contributed by atoms with Crippen LogP contribution in [0.4, 0.5) is 0 Å². The van der Waals surface area contributed by atoms with E-state index in [4.69, 9.17) is 10.4 Å². The molecule has 1 aromatic carbocycles. The number of nitriles is 1. The number of aliphatic hydroxyl groups excluding tert-OH is 1. The van der Waals surface area contributed by atoms with Crippen molar-refractivity contribution in [2.75, 3.05) is 13.2 Å². The third kappa shape index (κ3) is 3.52. The summed E-state index contributed by atoms with van der Waals surface area (Å²) < 4.78 is 0.989. The zero-order valence-corrected chi connectivity index (χ0v) is 16.2. The fourth-order valence-electron chi connectivity index (χ4n) is 1.41. The van der Waals surface area contributed by atoms with Crippen molar-refractivity contribution >= 4 is 79.6 Å². The summed E-state index contributed by atoms with van der Waals surface area (Å²) in [7, 11) is 0. The normalized spacial score (nSPS) is 9.95. The number of halogens is 3. The van der Waals surface area contributed by atoms with E-state index in [1.807, 2.05) is 28.7 Å². The first-order valence-electron chi connectivity index (χ1n) is 5.09. The SMILES string of the molecule is N#Cc1c(I)c(C(=O)O)c(I)c(C(=O)NCCO)c1I. The molecule has 0 aliphatic heterocycles. The molecular formula is C11H7I3N2O4. The predicted molar refractivity (Wildman–Crippen MR) is 95.7 cm³/mol. The Labute approximate surface area is 155 Å². The van der Waals surface area contributed by atoms with Crippen LogP contribution in [-0.4, -0.2) is 35.2 Å². The van der Waals surface area contributed by atoms with Gasteiger partial charge < -0.3 is 15.5 Å². The second-order valence-electron chi connectivity index (χ2n) is 3.46. The highest BCUT2D eigenvalue weighted by atomic mass is 127.